The first-order valence-corrected chi connectivity index (χ1v) is 7.25. The third-order valence-electron chi connectivity index (χ3n) is 3.32. The summed E-state index contributed by atoms with van der Waals surface area (Å²) < 4.78 is 0. The molecule has 0 unspecified atom stereocenters. The lowest BCUT2D eigenvalue weighted by molar-refractivity contribution is -0.384. The van der Waals surface area contributed by atoms with Gasteiger partial charge in [-0.25, -0.2) is 0 Å². The van der Waals surface area contributed by atoms with Crippen LogP contribution in [0.15, 0.2) is 42.5 Å². The van der Waals surface area contributed by atoms with Gasteiger partial charge in [-0.1, -0.05) is 35.9 Å². The van der Waals surface area contributed by atoms with Crippen molar-refractivity contribution in [3.8, 4) is 0 Å². The Labute approximate surface area is 138 Å². The molecule has 2 aromatic carbocycles. The minimum atomic E-state index is -0.559. The van der Waals surface area contributed by atoms with E-state index in [1.807, 2.05) is 32.0 Å². The third kappa shape index (κ3) is 4.17. The van der Waals surface area contributed by atoms with Crippen LogP contribution in [0.25, 0.3) is 6.08 Å². The number of amides is 1. The van der Waals surface area contributed by atoms with E-state index in [0.29, 0.717) is 5.56 Å². The molecular formula is C17H15ClN2O3. The smallest absolute Gasteiger partial charge is 0.288 e. The molecule has 0 atom stereocenters. The van der Waals surface area contributed by atoms with Crippen LogP contribution >= 0.6 is 11.6 Å². The predicted octanol–water partition coefficient (Wildman–Crippen LogP) is 4.52. The van der Waals surface area contributed by atoms with Gasteiger partial charge in [-0.05, 0) is 42.7 Å². The Bertz CT molecular complexity index is 780. The molecular weight excluding hydrogens is 316 g/mol. The standard InChI is InChI=1S/C17H15ClN2O3/c1-11-4-3-5-12(2)17(11)19-16(21)9-7-13-6-8-14(18)15(10-13)20(22)23/h3-10H,1-2H3,(H,19,21)/b9-7+. The van der Waals surface area contributed by atoms with Crippen molar-refractivity contribution in [1.82, 2.24) is 0 Å². The van der Waals surface area contributed by atoms with Crippen molar-refractivity contribution < 1.29 is 9.72 Å². The van der Waals surface area contributed by atoms with Gasteiger partial charge in [0, 0.05) is 17.8 Å². The summed E-state index contributed by atoms with van der Waals surface area (Å²) in [4.78, 5) is 22.3. The topological polar surface area (TPSA) is 72.2 Å². The van der Waals surface area contributed by atoms with Crippen LogP contribution in [0.1, 0.15) is 16.7 Å². The minimum Gasteiger partial charge on any atom is -0.322 e. The van der Waals surface area contributed by atoms with Crippen molar-refractivity contribution in [3.63, 3.8) is 0 Å². The molecule has 0 heterocycles. The van der Waals surface area contributed by atoms with Gasteiger partial charge in [0.05, 0.1) is 4.92 Å². The number of nitrogens with zero attached hydrogens (tertiary/aromatic N) is 1. The number of anilines is 1. The summed E-state index contributed by atoms with van der Waals surface area (Å²) in [5, 5.41) is 13.7. The first-order valence-electron chi connectivity index (χ1n) is 6.87. The summed E-state index contributed by atoms with van der Waals surface area (Å²) >= 11 is 5.75. The van der Waals surface area contributed by atoms with E-state index in [1.54, 1.807) is 6.07 Å². The Morgan fingerprint density at radius 1 is 1.22 bits per heavy atom. The Hall–Kier alpha value is -2.66. The van der Waals surface area contributed by atoms with Gasteiger partial charge < -0.3 is 5.32 Å². The molecule has 0 spiro atoms. The van der Waals surface area contributed by atoms with E-state index in [-0.39, 0.29) is 16.6 Å². The van der Waals surface area contributed by atoms with Crippen LogP contribution in [-0.2, 0) is 4.79 Å². The molecule has 0 fully saturated rings. The van der Waals surface area contributed by atoms with Crippen molar-refractivity contribution in [3.05, 3.63) is 74.3 Å². The maximum Gasteiger partial charge on any atom is 0.288 e. The molecule has 23 heavy (non-hydrogen) atoms. The molecule has 6 heteroatoms. The number of carbonyl (C=O) groups excluding carboxylic acids is 1. The van der Waals surface area contributed by atoms with Gasteiger partial charge in [-0.3, -0.25) is 14.9 Å². The quantitative estimate of drug-likeness (QED) is 0.509. The number of para-hydroxylation sites is 1. The number of nitrogens with one attached hydrogen (secondary N) is 1. The summed E-state index contributed by atoms with van der Waals surface area (Å²) in [6, 6.07) is 10.1. The summed E-state index contributed by atoms with van der Waals surface area (Å²) in [6.07, 6.45) is 2.84. The lowest BCUT2D eigenvalue weighted by Crippen LogP contribution is -2.10. The summed E-state index contributed by atoms with van der Waals surface area (Å²) in [5.74, 6) is -0.306. The van der Waals surface area contributed by atoms with Crippen molar-refractivity contribution in [2.75, 3.05) is 5.32 Å². The summed E-state index contributed by atoms with van der Waals surface area (Å²) in [7, 11) is 0. The lowest BCUT2D eigenvalue weighted by Gasteiger charge is -2.09. The second-order valence-corrected chi connectivity index (χ2v) is 5.46. The van der Waals surface area contributed by atoms with Crippen LogP contribution in [0, 0.1) is 24.0 Å². The largest absolute Gasteiger partial charge is 0.322 e. The zero-order valence-corrected chi connectivity index (χ0v) is 13.4. The maximum atomic E-state index is 12.0. The van der Waals surface area contributed by atoms with Crippen LogP contribution in [-0.4, -0.2) is 10.8 Å². The number of nitro benzene ring substituents is 1. The third-order valence-corrected chi connectivity index (χ3v) is 3.64. The normalized spacial score (nSPS) is 10.7. The van der Waals surface area contributed by atoms with E-state index in [9.17, 15) is 14.9 Å². The predicted molar refractivity (Wildman–Crippen MR) is 91.7 cm³/mol. The zero-order chi connectivity index (χ0) is 17.0. The van der Waals surface area contributed by atoms with Crippen LogP contribution in [0.2, 0.25) is 5.02 Å². The molecule has 2 aromatic rings. The van der Waals surface area contributed by atoms with Gasteiger partial charge in [-0.2, -0.15) is 0 Å². The fourth-order valence-corrected chi connectivity index (χ4v) is 2.31. The highest BCUT2D eigenvalue weighted by Gasteiger charge is 2.12. The highest BCUT2D eigenvalue weighted by Crippen LogP contribution is 2.25. The zero-order valence-electron chi connectivity index (χ0n) is 12.7. The Morgan fingerprint density at radius 3 is 2.48 bits per heavy atom. The van der Waals surface area contributed by atoms with Crippen LogP contribution < -0.4 is 5.32 Å². The van der Waals surface area contributed by atoms with Gasteiger partial charge in [0.15, 0.2) is 0 Å². The molecule has 0 saturated heterocycles. The second kappa shape index (κ2) is 7.07. The number of halogens is 1. The Kier molecular flexibility index (Phi) is 5.13. The SMILES string of the molecule is Cc1cccc(C)c1NC(=O)/C=C/c1ccc(Cl)c([N+](=O)[O-])c1. The van der Waals surface area contributed by atoms with E-state index in [4.69, 9.17) is 11.6 Å². The molecule has 0 bridgehead atoms. The maximum absolute atomic E-state index is 12.0. The van der Waals surface area contributed by atoms with Gasteiger partial charge in [0.1, 0.15) is 5.02 Å². The molecule has 0 aliphatic heterocycles. The molecule has 0 saturated carbocycles. The molecule has 0 aliphatic carbocycles. The average molecular weight is 331 g/mol. The number of benzene rings is 2. The second-order valence-electron chi connectivity index (χ2n) is 5.06. The minimum absolute atomic E-state index is 0.0622. The monoisotopic (exact) mass is 330 g/mol. The van der Waals surface area contributed by atoms with Gasteiger partial charge in [0.2, 0.25) is 5.91 Å². The van der Waals surface area contributed by atoms with E-state index >= 15 is 0 Å². The van der Waals surface area contributed by atoms with Gasteiger partial charge >= 0.3 is 0 Å². The average Bonchev–Trinajstić information content (AvgIpc) is 2.50. The molecule has 118 valence electrons. The van der Waals surface area contributed by atoms with Crippen molar-refractivity contribution in [2.24, 2.45) is 0 Å². The summed E-state index contributed by atoms with van der Waals surface area (Å²) in [6.45, 7) is 3.82. The number of carbonyl (C=O) groups is 1. The molecule has 0 aromatic heterocycles. The number of hydrogen-bond acceptors (Lipinski definition) is 3. The van der Waals surface area contributed by atoms with E-state index in [0.717, 1.165) is 16.8 Å². The van der Waals surface area contributed by atoms with Gasteiger partial charge in [0.25, 0.3) is 5.69 Å². The highest BCUT2D eigenvalue weighted by atomic mass is 35.5. The fraction of sp³-hybridized carbons (Fsp3) is 0.118. The number of rotatable bonds is 4. The molecule has 1 N–H and O–H groups in total. The number of nitro groups is 1. The summed E-state index contributed by atoms with van der Waals surface area (Å²) in [5.41, 5.74) is 3.04. The van der Waals surface area contributed by atoms with Crippen molar-refractivity contribution >= 4 is 35.0 Å². The lowest BCUT2D eigenvalue weighted by atomic mass is 10.1. The highest BCUT2D eigenvalue weighted by molar-refractivity contribution is 6.32. The van der Waals surface area contributed by atoms with Crippen LogP contribution in [0.3, 0.4) is 0 Å². The van der Waals surface area contributed by atoms with Crippen LogP contribution in [0.5, 0.6) is 0 Å². The first kappa shape index (κ1) is 16.7. The Balaban J connectivity index is 2.16. The molecule has 0 aliphatic rings. The van der Waals surface area contributed by atoms with E-state index in [2.05, 4.69) is 5.32 Å². The van der Waals surface area contributed by atoms with Gasteiger partial charge in [-0.15, -0.1) is 0 Å². The Morgan fingerprint density at radius 2 is 1.87 bits per heavy atom. The van der Waals surface area contributed by atoms with Crippen molar-refractivity contribution in [2.45, 2.75) is 13.8 Å². The molecule has 1 amide bonds. The van der Waals surface area contributed by atoms with Crippen LogP contribution in [0.4, 0.5) is 11.4 Å². The van der Waals surface area contributed by atoms with Crippen molar-refractivity contribution in [1.29, 1.82) is 0 Å². The number of aryl methyl sites for hydroxylation is 2. The molecule has 5 nitrogen and oxygen atoms in total. The van der Waals surface area contributed by atoms with E-state index < -0.39 is 4.92 Å². The molecule has 0 radical (unpaired) electrons. The first-order chi connectivity index (χ1) is 10.9. The molecule has 2 rings (SSSR count). The van der Waals surface area contributed by atoms with E-state index in [1.165, 1.54) is 24.3 Å². The fourth-order valence-electron chi connectivity index (χ4n) is 2.12. The number of hydrogen-bond donors (Lipinski definition) is 1.